The van der Waals surface area contributed by atoms with Crippen LogP contribution in [0.15, 0.2) is 16.6 Å². The number of aliphatic hydroxyl groups excluding tert-OH is 1. The molecule has 1 aliphatic rings. The lowest BCUT2D eigenvalue weighted by molar-refractivity contribution is 0.159. The first-order chi connectivity index (χ1) is 8.22. The number of hydrogen-bond donors (Lipinski definition) is 1. The number of hydrogen-bond acceptors (Lipinski definition) is 2. The van der Waals surface area contributed by atoms with Gasteiger partial charge in [0.2, 0.25) is 0 Å². The van der Waals surface area contributed by atoms with Crippen LogP contribution >= 0.6 is 15.9 Å². The Morgan fingerprint density at radius 1 is 1.41 bits per heavy atom. The third-order valence-corrected chi connectivity index (χ3v) is 3.68. The van der Waals surface area contributed by atoms with E-state index in [1.165, 1.54) is 18.4 Å². The van der Waals surface area contributed by atoms with Gasteiger partial charge in [-0.3, -0.25) is 0 Å². The summed E-state index contributed by atoms with van der Waals surface area (Å²) in [5.41, 5.74) is 2.16. The highest BCUT2D eigenvalue weighted by Crippen LogP contribution is 2.37. The molecule has 1 N–H and O–H groups in total. The minimum atomic E-state index is -0.397. The maximum absolute atomic E-state index is 10.2. The molecule has 0 fully saturated rings. The zero-order valence-electron chi connectivity index (χ0n) is 10.2. The van der Waals surface area contributed by atoms with Crippen molar-refractivity contribution in [2.75, 3.05) is 6.61 Å². The number of unbranched alkanes of at least 4 members (excludes halogenated alkanes) is 2. The van der Waals surface area contributed by atoms with Crippen LogP contribution in [0.5, 0.6) is 5.75 Å². The topological polar surface area (TPSA) is 29.5 Å². The molecule has 0 spiro atoms. The fourth-order valence-electron chi connectivity index (χ4n) is 2.29. The molecule has 0 saturated carbocycles. The van der Waals surface area contributed by atoms with Crippen LogP contribution in [-0.4, -0.2) is 11.7 Å². The summed E-state index contributed by atoms with van der Waals surface area (Å²) in [7, 11) is 0. The van der Waals surface area contributed by atoms with Gasteiger partial charge in [0.05, 0.1) is 12.7 Å². The van der Waals surface area contributed by atoms with Gasteiger partial charge in [-0.2, -0.15) is 0 Å². The van der Waals surface area contributed by atoms with Gasteiger partial charge in [0.25, 0.3) is 0 Å². The summed E-state index contributed by atoms with van der Waals surface area (Å²) in [5.74, 6) is 0.914. The van der Waals surface area contributed by atoms with Crippen molar-refractivity contribution in [2.24, 2.45) is 0 Å². The van der Waals surface area contributed by atoms with Crippen molar-refractivity contribution < 1.29 is 9.84 Å². The molecule has 3 heteroatoms. The van der Waals surface area contributed by atoms with Crippen molar-refractivity contribution in [2.45, 2.75) is 45.1 Å². The first-order valence-corrected chi connectivity index (χ1v) is 7.15. The maximum atomic E-state index is 10.2. The van der Waals surface area contributed by atoms with Gasteiger partial charge in [0.15, 0.2) is 0 Å². The fraction of sp³-hybridized carbons (Fsp3) is 0.571. The molecule has 0 aliphatic carbocycles. The lowest BCUT2D eigenvalue weighted by atomic mass is 9.99. The molecule has 2 rings (SSSR count). The van der Waals surface area contributed by atoms with E-state index in [4.69, 9.17) is 4.74 Å². The van der Waals surface area contributed by atoms with Gasteiger partial charge in [-0.25, -0.2) is 0 Å². The number of rotatable bonds is 5. The van der Waals surface area contributed by atoms with E-state index in [1.54, 1.807) is 0 Å². The predicted molar refractivity (Wildman–Crippen MR) is 72.4 cm³/mol. The van der Waals surface area contributed by atoms with Crippen molar-refractivity contribution in [3.8, 4) is 5.75 Å². The van der Waals surface area contributed by atoms with Crippen LogP contribution in [0, 0.1) is 0 Å². The molecule has 0 radical (unpaired) electrons. The first-order valence-electron chi connectivity index (χ1n) is 6.35. The summed E-state index contributed by atoms with van der Waals surface area (Å²) < 4.78 is 6.66. The first kappa shape index (κ1) is 12.9. The molecule has 2 nitrogen and oxygen atoms in total. The summed E-state index contributed by atoms with van der Waals surface area (Å²) in [6.07, 6.45) is 4.79. The van der Waals surface area contributed by atoms with Gasteiger partial charge < -0.3 is 9.84 Å². The highest BCUT2D eigenvalue weighted by molar-refractivity contribution is 9.10. The zero-order valence-corrected chi connectivity index (χ0v) is 11.8. The van der Waals surface area contributed by atoms with Crippen LogP contribution in [0.4, 0.5) is 0 Å². The van der Waals surface area contributed by atoms with Crippen LogP contribution in [0.2, 0.25) is 0 Å². The largest absolute Gasteiger partial charge is 0.493 e. The minimum Gasteiger partial charge on any atom is -0.493 e. The third kappa shape index (κ3) is 3.02. The number of benzene rings is 1. The number of fused-ring (bicyclic) bond motifs is 1. The summed E-state index contributed by atoms with van der Waals surface area (Å²) in [5, 5.41) is 10.2. The second kappa shape index (κ2) is 5.87. The Morgan fingerprint density at radius 3 is 3.00 bits per heavy atom. The van der Waals surface area contributed by atoms with Crippen molar-refractivity contribution in [3.63, 3.8) is 0 Å². The average Bonchev–Trinajstić information content (AvgIpc) is 2.75. The van der Waals surface area contributed by atoms with E-state index in [1.807, 2.05) is 6.07 Å². The fourth-order valence-corrected chi connectivity index (χ4v) is 2.81. The molecular formula is C14H19BrO2. The Bertz CT molecular complexity index is 390. The quantitative estimate of drug-likeness (QED) is 0.833. The van der Waals surface area contributed by atoms with Crippen LogP contribution in [0.1, 0.15) is 49.8 Å². The SMILES string of the molecule is CCCCCC(O)c1cc(Br)cc2c1OCC2. The van der Waals surface area contributed by atoms with Crippen LogP contribution in [-0.2, 0) is 6.42 Å². The van der Waals surface area contributed by atoms with Gasteiger partial charge in [0, 0.05) is 16.5 Å². The highest BCUT2D eigenvalue weighted by Gasteiger charge is 2.21. The average molecular weight is 299 g/mol. The molecule has 1 aromatic carbocycles. The molecule has 17 heavy (non-hydrogen) atoms. The van der Waals surface area contributed by atoms with Gasteiger partial charge in [-0.05, 0) is 24.1 Å². The third-order valence-electron chi connectivity index (χ3n) is 3.22. The monoisotopic (exact) mass is 298 g/mol. The highest BCUT2D eigenvalue weighted by atomic mass is 79.9. The Hall–Kier alpha value is -0.540. The molecule has 94 valence electrons. The number of aliphatic hydroxyl groups is 1. The Labute approximate surface area is 111 Å². The van der Waals surface area contributed by atoms with Crippen LogP contribution in [0.3, 0.4) is 0 Å². The molecule has 0 saturated heterocycles. The standard InChI is InChI=1S/C14H19BrO2/c1-2-3-4-5-13(16)12-9-11(15)8-10-6-7-17-14(10)12/h8-9,13,16H,2-7H2,1H3. The Morgan fingerprint density at radius 2 is 2.24 bits per heavy atom. The summed E-state index contributed by atoms with van der Waals surface area (Å²) in [4.78, 5) is 0. The van der Waals surface area contributed by atoms with Crippen molar-refractivity contribution in [1.29, 1.82) is 0 Å². The second-order valence-corrected chi connectivity index (χ2v) is 5.51. The second-order valence-electron chi connectivity index (χ2n) is 4.59. The molecule has 1 heterocycles. The lowest BCUT2D eigenvalue weighted by Gasteiger charge is -2.15. The smallest absolute Gasteiger partial charge is 0.128 e. The number of ether oxygens (including phenoxy) is 1. The molecule has 0 bridgehead atoms. The summed E-state index contributed by atoms with van der Waals surface area (Å²) in [6.45, 7) is 2.91. The zero-order chi connectivity index (χ0) is 12.3. The molecule has 0 amide bonds. The molecular weight excluding hydrogens is 280 g/mol. The van der Waals surface area contributed by atoms with E-state index < -0.39 is 6.10 Å². The molecule has 1 atom stereocenters. The van der Waals surface area contributed by atoms with E-state index in [9.17, 15) is 5.11 Å². The van der Waals surface area contributed by atoms with Gasteiger partial charge in [-0.1, -0.05) is 42.1 Å². The van der Waals surface area contributed by atoms with Crippen LogP contribution in [0.25, 0.3) is 0 Å². The normalized spacial score (nSPS) is 15.5. The Kier molecular flexibility index (Phi) is 4.46. The van der Waals surface area contributed by atoms with Crippen molar-refractivity contribution in [1.82, 2.24) is 0 Å². The van der Waals surface area contributed by atoms with E-state index in [0.717, 1.165) is 41.7 Å². The minimum absolute atomic E-state index is 0.397. The van der Waals surface area contributed by atoms with E-state index >= 15 is 0 Å². The van der Waals surface area contributed by atoms with Crippen LogP contribution < -0.4 is 4.74 Å². The van der Waals surface area contributed by atoms with E-state index in [0.29, 0.717) is 0 Å². The molecule has 1 aliphatic heterocycles. The van der Waals surface area contributed by atoms with Gasteiger partial charge in [0.1, 0.15) is 5.75 Å². The summed E-state index contributed by atoms with van der Waals surface area (Å²) >= 11 is 3.50. The Balaban J connectivity index is 2.14. The van der Waals surface area contributed by atoms with Gasteiger partial charge in [-0.15, -0.1) is 0 Å². The van der Waals surface area contributed by atoms with E-state index in [-0.39, 0.29) is 0 Å². The predicted octanol–water partition coefficient (Wildman–Crippen LogP) is 4.00. The van der Waals surface area contributed by atoms with Crippen molar-refractivity contribution in [3.05, 3.63) is 27.7 Å². The molecule has 1 aromatic rings. The maximum Gasteiger partial charge on any atom is 0.128 e. The number of halogens is 1. The van der Waals surface area contributed by atoms with Gasteiger partial charge >= 0.3 is 0 Å². The lowest BCUT2D eigenvalue weighted by Crippen LogP contribution is -2.00. The van der Waals surface area contributed by atoms with E-state index in [2.05, 4.69) is 28.9 Å². The molecule has 1 unspecified atom stereocenters. The summed E-state index contributed by atoms with van der Waals surface area (Å²) in [6, 6.07) is 4.07. The molecule has 0 aromatic heterocycles. The van der Waals surface area contributed by atoms with Crippen molar-refractivity contribution >= 4 is 15.9 Å².